The van der Waals surface area contributed by atoms with E-state index >= 15 is 0 Å². The second-order valence-electron chi connectivity index (χ2n) is 5.52. The summed E-state index contributed by atoms with van der Waals surface area (Å²) >= 11 is 0. The minimum Gasteiger partial charge on any atom is -0.489 e. The van der Waals surface area contributed by atoms with Crippen LogP contribution in [-0.4, -0.2) is 11.1 Å². The van der Waals surface area contributed by atoms with E-state index in [1.54, 1.807) is 18.3 Å². The molecular weight excluding hydrogens is 330 g/mol. The van der Waals surface area contributed by atoms with E-state index in [9.17, 15) is 10.1 Å². The Labute approximate surface area is 150 Å². The molecule has 1 N–H and O–H groups in total. The molecule has 0 bridgehead atoms. The molecule has 0 aliphatic rings. The van der Waals surface area contributed by atoms with Gasteiger partial charge < -0.3 is 4.74 Å². The Morgan fingerprint density at radius 3 is 2.31 bits per heavy atom. The summed E-state index contributed by atoms with van der Waals surface area (Å²) in [6, 6.07) is 23.5. The lowest BCUT2D eigenvalue weighted by molar-refractivity contribution is -0.384. The molecule has 0 aliphatic heterocycles. The van der Waals surface area contributed by atoms with E-state index in [2.05, 4.69) is 10.5 Å². The van der Waals surface area contributed by atoms with Crippen LogP contribution in [-0.2, 0) is 6.61 Å². The Bertz CT molecular complexity index is 876. The van der Waals surface area contributed by atoms with Crippen LogP contribution in [0.5, 0.6) is 5.75 Å². The standard InChI is InChI=1S/C20H17N3O3/c24-23(25)19-10-6-17(7-11-19)15-26-20-12-8-16(9-13-20)14-21-22-18-4-2-1-3-5-18/h1-14,22H,15H2. The number of anilines is 1. The molecule has 0 heterocycles. The third-order valence-electron chi connectivity index (χ3n) is 3.61. The molecule has 0 unspecified atom stereocenters. The maximum atomic E-state index is 10.6. The van der Waals surface area contributed by atoms with Crippen molar-refractivity contribution in [1.29, 1.82) is 0 Å². The maximum absolute atomic E-state index is 10.6. The van der Waals surface area contributed by atoms with Gasteiger partial charge in [-0.3, -0.25) is 15.5 Å². The van der Waals surface area contributed by atoms with Crippen LogP contribution in [0.2, 0.25) is 0 Å². The summed E-state index contributed by atoms with van der Waals surface area (Å²) in [6.45, 7) is 0.348. The average molecular weight is 347 g/mol. The van der Waals surface area contributed by atoms with E-state index in [-0.39, 0.29) is 5.69 Å². The van der Waals surface area contributed by atoms with E-state index in [1.165, 1.54) is 12.1 Å². The van der Waals surface area contributed by atoms with Crippen LogP contribution in [0.4, 0.5) is 11.4 Å². The highest BCUT2D eigenvalue weighted by atomic mass is 16.6. The van der Waals surface area contributed by atoms with E-state index in [0.29, 0.717) is 6.61 Å². The van der Waals surface area contributed by atoms with E-state index in [0.717, 1.165) is 22.6 Å². The van der Waals surface area contributed by atoms with Gasteiger partial charge in [0.05, 0.1) is 16.8 Å². The SMILES string of the molecule is O=[N+]([O-])c1ccc(COc2ccc(C=NNc3ccccc3)cc2)cc1. The molecule has 0 radical (unpaired) electrons. The third-order valence-corrected chi connectivity index (χ3v) is 3.61. The number of nitrogens with one attached hydrogen (secondary N) is 1. The van der Waals surface area contributed by atoms with Crippen LogP contribution in [0.1, 0.15) is 11.1 Å². The Kier molecular flexibility index (Phi) is 5.57. The summed E-state index contributed by atoms with van der Waals surface area (Å²) in [6.07, 6.45) is 1.73. The normalized spacial score (nSPS) is 10.6. The molecule has 6 heteroatoms. The molecule has 0 aliphatic carbocycles. The molecule has 0 aromatic heterocycles. The number of rotatable bonds is 7. The number of nitro groups is 1. The summed E-state index contributed by atoms with van der Waals surface area (Å²) in [5, 5.41) is 14.8. The van der Waals surface area contributed by atoms with Gasteiger partial charge in [0.1, 0.15) is 12.4 Å². The van der Waals surface area contributed by atoms with Crippen molar-refractivity contribution in [2.45, 2.75) is 6.61 Å². The first-order valence-electron chi connectivity index (χ1n) is 8.01. The largest absolute Gasteiger partial charge is 0.489 e. The zero-order valence-electron chi connectivity index (χ0n) is 13.9. The van der Waals surface area contributed by atoms with Crippen molar-refractivity contribution in [1.82, 2.24) is 0 Å². The Morgan fingerprint density at radius 2 is 1.65 bits per heavy atom. The van der Waals surface area contributed by atoms with Crippen LogP contribution in [0, 0.1) is 10.1 Å². The number of hydrogen-bond donors (Lipinski definition) is 1. The fraction of sp³-hybridized carbons (Fsp3) is 0.0500. The third kappa shape index (κ3) is 4.91. The monoisotopic (exact) mass is 347 g/mol. The second-order valence-corrected chi connectivity index (χ2v) is 5.52. The number of para-hydroxylation sites is 1. The molecule has 0 fully saturated rings. The van der Waals surface area contributed by atoms with Crippen LogP contribution >= 0.6 is 0 Å². The van der Waals surface area contributed by atoms with Gasteiger partial charge in [0.25, 0.3) is 5.69 Å². The molecule has 3 aromatic carbocycles. The summed E-state index contributed by atoms with van der Waals surface area (Å²) < 4.78 is 5.69. The first-order chi connectivity index (χ1) is 12.7. The lowest BCUT2D eigenvalue weighted by atomic mass is 10.2. The van der Waals surface area contributed by atoms with Gasteiger partial charge in [-0.15, -0.1) is 0 Å². The van der Waals surface area contributed by atoms with Crippen molar-refractivity contribution in [2.24, 2.45) is 5.10 Å². The van der Waals surface area contributed by atoms with Gasteiger partial charge in [-0.05, 0) is 59.7 Å². The molecule has 0 saturated heterocycles. The van der Waals surface area contributed by atoms with Crippen molar-refractivity contribution < 1.29 is 9.66 Å². The van der Waals surface area contributed by atoms with Crippen molar-refractivity contribution in [3.05, 3.63) is 100 Å². The predicted molar refractivity (Wildman–Crippen MR) is 102 cm³/mol. The van der Waals surface area contributed by atoms with Gasteiger partial charge in [-0.2, -0.15) is 5.10 Å². The van der Waals surface area contributed by atoms with Gasteiger partial charge in [-0.25, -0.2) is 0 Å². The molecule has 3 rings (SSSR count). The number of ether oxygens (including phenoxy) is 1. The first-order valence-corrected chi connectivity index (χ1v) is 8.01. The Hall–Kier alpha value is -3.67. The summed E-state index contributed by atoms with van der Waals surface area (Å²) in [7, 11) is 0. The highest BCUT2D eigenvalue weighted by Crippen LogP contribution is 2.16. The van der Waals surface area contributed by atoms with Gasteiger partial charge in [0.2, 0.25) is 0 Å². The molecule has 3 aromatic rings. The fourth-order valence-corrected chi connectivity index (χ4v) is 2.22. The van der Waals surface area contributed by atoms with Gasteiger partial charge >= 0.3 is 0 Å². The topological polar surface area (TPSA) is 76.8 Å². The van der Waals surface area contributed by atoms with Crippen molar-refractivity contribution >= 4 is 17.6 Å². The van der Waals surface area contributed by atoms with Crippen LogP contribution in [0.3, 0.4) is 0 Å². The number of benzene rings is 3. The number of nitro benzene ring substituents is 1. The molecule has 0 amide bonds. The molecule has 0 spiro atoms. The second kappa shape index (κ2) is 8.43. The van der Waals surface area contributed by atoms with Crippen LogP contribution in [0.15, 0.2) is 84.0 Å². The molecule has 26 heavy (non-hydrogen) atoms. The van der Waals surface area contributed by atoms with E-state index < -0.39 is 4.92 Å². The number of hydrazone groups is 1. The van der Waals surface area contributed by atoms with E-state index in [1.807, 2.05) is 54.6 Å². The Balaban J connectivity index is 1.51. The predicted octanol–water partition coefficient (Wildman–Crippen LogP) is 4.62. The zero-order chi connectivity index (χ0) is 18.2. The average Bonchev–Trinajstić information content (AvgIpc) is 2.68. The van der Waals surface area contributed by atoms with Gasteiger partial charge in [0, 0.05) is 12.1 Å². The lowest BCUT2D eigenvalue weighted by Crippen LogP contribution is -1.96. The van der Waals surface area contributed by atoms with Gasteiger partial charge in [0.15, 0.2) is 0 Å². The number of hydrogen-bond acceptors (Lipinski definition) is 5. The van der Waals surface area contributed by atoms with Crippen molar-refractivity contribution in [2.75, 3.05) is 5.43 Å². The molecule has 6 nitrogen and oxygen atoms in total. The summed E-state index contributed by atoms with van der Waals surface area (Å²) in [5.74, 6) is 0.719. The number of nitrogens with zero attached hydrogens (tertiary/aromatic N) is 2. The van der Waals surface area contributed by atoms with Crippen molar-refractivity contribution in [3.8, 4) is 5.75 Å². The smallest absolute Gasteiger partial charge is 0.269 e. The molecular formula is C20H17N3O3. The summed E-state index contributed by atoms with van der Waals surface area (Å²) in [4.78, 5) is 10.2. The molecule has 0 saturated carbocycles. The highest BCUT2D eigenvalue weighted by Gasteiger charge is 2.04. The van der Waals surface area contributed by atoms with E-state index in [4.69, 9.17) is 4.74 Å². The Morgan fingerprint density at radius 1 is 0.962 bits per heavy atom. The lowest BCUT2D eigenvalue weighted by Gasteiger charge is -2.06. The van der Waals surface area contributed by atoms with Crippen LogP contribution < -0.4 is 10.2 Å². The molecule has 0 atom stereocenters. The summed E-state index contributed by atoms with van der Waals surface area (Å²) in [5.41, 5.74) is 5.76. The maximum Gasteiger partial charge on any atom is 0.269 e. The fourth-order valence-electron chi connectivity index (χ4n) is 2.22. The van der Waals surface area contributed by atoms with Crippen LogP contribution in [0.25, 0.3) is 0 Å². The first kappa shape index (κ1) is 17.2. The number of non-ortho nitro benzene ring substituents is 1. The minimum atomic E-state index is -0.419. The minimum absolute atomic E-state index is 0.0708. The zero-order valence-corrected chi connectivity index (χ0v) is 13.9. The molecule has 130 valence electrons. The quantitative estimate of drug-likeness (QED) is 0.384. The highest BCUT2D eigenvalue weighted by molar-refractivity contribution is 5.80. The van der Waals surface area contributed by atoms with Crippen molar-refractivity contribution in [3.63, 3.8) is 0 Å². The van der Waals surface area contributed by atoms with Gasteiger partial charge in [-0.1, -0.05) is 18.2 Å².